The molecule has 0 spiro atoms. The molecular weight excluding hydrogens is 460 g/mol. The quantitative estimate of drug-likeness (QED) is 0.466. The lowest BCUT2D eigenvalue weighted by atomic mass is 10.1. The Balaban J connectivity index is 1.66. The number of anilines is 1. The summed E-state index contributed by atoms with van der Waals surface area (Å²) in [5.74, 6) is 1.68. The van der Waals surface area contributed by atoms with E-state index in [2.05, 4.69) is 22.1 Å². The monoisotopic (exact) mass is 494 g/mol. The minimum Gasteiger partial charge on any atom is -0.495 e. The first-order valence-electron chi connectivity index (χ1n) is 12.2. The summed E-state index contributed by atoms with van der Waals surface area (Å²) in [4.78, 5) is 33.6. The van der Waals surface area contributed by atoms with Crippen molar-refractivity contribution < 1.29 is 19.0 Å². The molecule has 0 bridgehead atoms. The number of para-hydroxylation sites is 2. The van der Waals surface area contributed by atoms with Gasteiger partial charge in [-0.25, -0.2) is 4.79 Å². The molecule has 1 aliphatic heterocycles. The summed E-state index contributed by atoms with van der Waals surface area (Å²) in [5.41, 5.74) is 1.46. The lowest BCUT2D eigenvalue weighted by Crippen LogP contribution is -2.45. The molecule has 0 radical (unpaired) electrons. The lowest BCUT2D eigenvalue weighted by molar-refractivity contribution is 0.174. The number of nitrogens with one attached hydrogen (secondary N) is 2. The number of hydrogen-bond donors (Lipinski definition) is 2. The Morgan fingerprint density at radius 1 is 1.08 bits per heavy atom. The summed E-state index contributed by atoms with van der Waals surface area (Å²) in [5, 5.41) is 3.77. The number of benzene rings is 2. The number of ether oxygens (including phenoxy) is 3. The van der Waals surface area contributed by atoms with Crippen molar-refractivity contribution in [1.82, 2.24) is 14.8 Å². The van der Waals surface area contributed by atoms with Gasteiger partial charge >= 0.3 is 6.03 Å². The van der Waals surface area contributed by atoms with E-state index in [-0.39, 0.29) is 24.2 Å². The summed E-state index contributed by atoms with van der Waals surface area (Å²) < 4.78 is 16.2. The van der Waals surface area contributed by atoms with Crippen LogP contribution in [0.3, 0.4) is 0 Å². The molecule has 2 N–H and O–H groups in total. The summed E-state index contributed by atoms with van der Waals surface area (Å²) in [7, 11) is 4.69. The zero-order valence-electron chi connectivity index (χ0n) is 21.3. The molecule has 192 valence electrons. The van der Waals surface area contributed by atoms with E-state index >= 15 is 0 Å². The largest absolute Gasteiger partial charge is 0.495 e. The van der Waals surface area contributed by atoms with Crippen LogP contribution in [0.25, 0.3) is 10.9 Å². The summed E-state index contributed by atoms with van der Waals surface area (Å²) in [6.07, 6.45) is 2.11. The number of H-pyrrole nitrogens is 1. The Morgan fingerprint density at radius 2 is 1.81 bits per heavy atom. The molecule has 2 heterocycles. The van der Waals surface area contributed by atoms with Gasteiger partial charge < -0.3 is 29.4 Å². The first-order valence-corrected chi connectivity index (χ1v) is 12.2. The van der Waals surface area contributed by atoms with E-state index in [1.54, 1.807) is 44.4 Å². The number of aromatic nitrogens is 1. The number of aromatic amines is 1. The van der Waals surface area contributed by atoms with Crippen LogP contribution in [0.4, 0.5) is 10.5 Å². The molecule has 0 saturated carbocycles. The van der Waals surface area contributed by atoms with E-state index in [9.17, 15) is 9.59 Å². The van der Waals surface area contributed by atoms with E-state index in [4.69, 9.17) is 14.2 Å². The van der Waals surface area contributed by atoms with Crippen molar-refractivity contribution in [2.75, 3.05) is 46.3 Å². The number of likely N-dealkylation sites (N-methyl/N-ethyl adjacent to an activating group) is 1. The van der Waals surface area contributed by atoms with Crippen molar-refractivity contribution in [1.29, 1.82) is 0 Å². The Labute approximate surface area is 210 Å². The van der Waals surface area contributed by atoms with E-state index in [1.165, 1.54) is 0 Å². The molecule has 1 atom stereocenters. The first kappa shape index (κ1) is 25.4. The number of pyridine rings is 1. The number of likely N-dealkylation sites (tertiary alicyclic amines) is 1. The van der Waals surface area contributed by atoms with Crippen LogP contribution >= 0.6 is 0 Å². The lowest BCUT2D eigenvalue weighted by Gasteiger charge is -2.30. The average molecular weight is 495 g/mol. The third-order valence-electron chi connectivity index (χ3n) is 6.76. The zero-order valence-corrected chi connectivity index (χ0v) is 21.3. The van der Waals surface area contributed by atoms with Crippen LogP contribution in [0.5, 0.6) is 17.2 Å². The highest BCUT2D eigenvalue weighted by atomic mass is 16.5. The molecule has 0 aliphatic carbocycles. The fourth-order valence-corrected chi connectivity index (χ4v) is 4.84. The molecule has 9 heteroatoms. The second kappa shape index (κ2) is 11.3. The van der Waals surface area contributed by atoms with Gasteiger partial charge in [-0.3, -0.25) is 9.69 Å². The molecule has 2 amide bonds. The van der Waals surface area contributed by atoms with Crippen LogP contribution in [0, 0.1) is 0 Å². The molecular formula is C27H34N4O5. The maximum atomic E-state index is 13.5. The molecule has 2 aromatic carbocycles. The van der Waals surface area contributed by atoms with Crippen LogP contribution < -0.4 is 25.1 Å². The zero-order chi connectivity index (χ0) is 25.7. The van der Waals surface area contributed by atoms with E-state index in [1.807, 2.05) is 24.3 Å². The minimum absolute atomic E-state index is 0.161. The van der Waals surface area contributed by atoms with Gasteiger partial charge in [-0.2, -0.15) is 0 Å². The van der Waals surface area contributed by atoms with Crippen molar-refractivity contribution in [2.45, 2.75) is 32.4 Å². The van der Waals surface area contributed by atoms with E-state index in [0.717, 1.165) is 31.3 Å². The second-order valence-electron chi connectivity index (χ2n) is 8.85. The average Bonchev–Trinajstić information content (AvgIpc) is 3.35. The first-order chi connectivity index (χ1) is 17.5. The topological polar surface area (TPSA) is 96.1 Å². The highest BCUT2D eigenvalue weighted by Gasteiger charge is 2.28. The maximum absolute atomic E-state index is 13.5. The number of rotatable bonds is 9. The van der Waals surface area contributed by atoms with Gasteiger partial charge in [-0.15, -0.1) is 0 Å². The van der Waals surface area contributed by atoms with Crippen molar-refractivity contribution in [3.8, 4) is 17.2 Å². The number of hydrogen-bond acceptors (Lipinski definition) is 6. The molecule has 4 rings (SSSR count). The highest BCUT2D eigenvalue weighted by molar-refractivity contribution is 5.91. The standard InChI is InChI=1S/C27H34N4O5/c1-5-30-12-8-9-20(30)17-31(27(33)29-21-10-6-7-11-23(21)34-2)16-19-13-18-14-24(35-3)25(36-4)15-22(18)28-26(19)32/h6-7,10-11,13-15,20H,5,8-9,12,16-17H2,1-4H3,(H,28,32)(H,29,33)/t20-/m0/s1. The third kappa shape index (κ3) is 5.41. The van der Waals surface area contributed by atoms with Gasteiger partial charge in [0, 0.05) is 29.6 Å². The van der Waals surface area contributed by atoms with Crippen LogP contribution in [0.2, 0.25) is 0 Å². The number of methoxy groups -OCH3 is 3. The van der Waals surface area contributed by atoms with Crippen LogP contribution in [-0.4, -0.2) is 67.8 Å². The molecule has 1 aromatic heterocycles. The summed E-state index contributed by atoms with van der Waals surface area (Å²) in [6, 6.07) is 12.6. The van der Waals surface area contributed by atoms with E-state index in [0.29, 0.717) is 40.6 Å². The molecule has 0 unspecified atom stereocenters. The van der Waals surface area contributed by atoms with Gasteiger partial charge in [0.2, 0.25) is 0 Å². The minimum atomic E-state index is -0.283. The fourth-order valence-electron chi connectivity index (χ4n) is 4.84. The molecule has 3 aromatic rings. The van der Waals surface area contributed by atoms with E-state index < -0.39 is 0 Å². The Hall–Kier alpha value is -3.72. The molecule has 9 nitrogen and oxygen atoms in total. The van der Waals surface area contributed by atoms with Gasteiger partial charge in [-0.1, -0.05) is 19.1 Å². The number of amides is 2. The normalized spacial score (nSPS) is 15.6. The Morgan fingerprint density at radius 3 is 2.53 bits per heavy atom. The second-order valence-corrected chi connectivity index (χ2v) is 8.85. The Kier molecular flexibility index (Phi) is 8.00. The third-order valence-corrected chi connectivity index (χ3v) is 6.76. The van der Waals surface area contributed by atoms with Crippen molar-refractivity contribution in [3.63, 3.8) is 0 Å². The predicted molar refractivity (Wildman–Crippen MR) is 140 cm³/mol. The number of urea groups is 1. The van der Waals surface area contributed by atoms with Gasteiger partial charge in [0.1, 0.15) is 5.75 Å². The summed E-state index contributed by atoms with van der Waals surface area (Å²) >= 11 is 0. The number of carbonyl (C=O) groups excluding carboxylic acids is 1. The number of fused-ring (bicyclic) bond motifs is 1. The van der Waals surface area contributed by atoms with Gasteiger partial charge in [0.25, 0.3) is 5.56 Å². The van der Waals surface area contributed by atoms with Crippen LogP contribution in [0.15, 0.2) is 47.3 Å². The van der Waals surface area contributed by atoms with Crippen LogP contribution in [-0.2, 0) is 6.54 Å². The van der Waals surface area contributed by atoms with Gasteiger partial charge in [-0.05, 0) is 50.2 Å². The molecule has 1 aliphatic rings. The van der Waals surface area contributed by atoms with Crippen molar-refractivity contribution in [3.05, 3.63) is 58.4 Å². The van der Waals surface area contributed by atoms with Crippen LogP contribution in [0.1, 0.15) is 25.3 Å². The maximum Gasteiger partial charge on any atom is 0.322 e. The fraction of sp³-hybridized carbons (Fsp3) is 0.407. The SMILES string of the molecule is CCN1CCC[C@H]1CN(Cc1cc2cc(OC)c(OC)cc2[nH]c1=O)C(=O)Nc1ccccc1OC. The molecule has 1 saturated heterocycles. The number of nitrogens with zero attached hydrogens (tertiary/aromatic N) is 2. The molecule has 36 heavy (non-hydrogen) atoms. The molecule has 1 fully saturated rings. The summed E-state index contributed by atoms with van der Waals surface area (Å²) in [6.45, 7) is 4.74. The Bertz CT molecular complexity index is 1270. The van der Waals surface area contributed by atoms with Gasteiger partial charge in [0.05, 0.1) is 39.1 Å². The number of carbonyl (C=O) groups is 1. The smallest absolute Gasteiger partial charge is 0.322 e. The van der Waals surface area contributed by atoms with Gasteiger partial charge in [0.15, 0.2) is 11.5 Å². The van der Waals surface area contributed by atoms with Crippen molar-refractivity contribution >= 4 is 22.6 Å². The predicted octanol–water partition coefficient (Wildman–Crippen LogP) is 4.07. The highest BCUT2D eigenvalue weighted by Crippen LogP contribution is 2.31. The van der Waals surface area contributed by atoms with Crippen molar-refractivity contribution in [2.24, 2.45) is 0 Å².